The van der Waals surface area contributed by atoms with Gasteiger partial charge in [-0.1, -0.05) is 54.4 Å². The summed E-state index contributed by atoms with van der Waals surface area (Å²) in [5, 5.41) is 0. The SMILES string of the molecule is CCC1C2CCC3C1(C)CCC(C)C(C)C3(CC)C(CC)C2. The third-order valence-electron chi connectivity index (χ3n) is 9.42. The van der Waals surface area contributed by atoms with Crippen molar-refractivity contribution in [1.82, 2.24) is 0 Å². The van der Waals surface area contributed by atoms with E-state index in [1.165, 1.54) is 38.5 Å². The molecule has 0 aromatic carbocycles. The monoisotopic (exact) mass is 304 g/mol. The van der Waals surface area contributed by atoms with Crippen molar-refractivity contribution in [2.75, 3.05) is 0 Å². The second-order valence-corrected chi connectivity index (χ2v) is 9.52. The van der Waals surface area contributed by atoms with Crippen molar-refractivity contribution < 1.29 is 0 Å². The Morgan fingerprint density at radius 3 is 2.27 bits per heavy atom. The van der Waals surface area contributed by atoms with Gasteiger partial charge in [0.2, 0.25) is 0 Å². The van der Waals surface area contributed by atoms with Crippen LogP contribution in [0.15, 0.2) is 0 Å². The van der Waals surface area contributed by atoms with Crippen LogP contribution in [-0.2, 0) is 0 Å². The fourth-order valence-electron chi connectivity index (χ4n) is 8.31. The maximum absolute atomic E-state index is 2.73. The zero-order valence-electron chi connectivity index (χ0n) is 16.1. The van der Waals surface area contributed by atoms with Gasteiger partial charge in [-0.2, -0.15) is 0 Å². The van der Waals surface area contributed by atoms with Crippen molar-refractivity contribution in [3.63, 3.8) is 0 Å². The fourth-order valence-corrected chi connectivity index (χ4v) is 8.31. The van der Waals surface area contributed by atoms with E-state index in [0.29, 0.717) is 10.8 Å². The molecule has 128 valence electrons. The summed E-state index contributed by atoms with van der Waals surface area (Å²) in [6, 6.07) is 0. The fraction of sp³-hybridized carbons (Fsp3) is 1.00. The van der Waals surface area contributed by atoms with Crippen LogP contribution in [0.3, 0.4) is 0 Å². The van der Waals surface area contributed by atoms with E-state index in [1.807, 2.05) is 0 Å². The molecule has 0 aromatic heterocycles. The lowest BCUT2D eigenvalue weighted by Gasteiger charge is -2.56. The first-order valence-corrected chi connectivity index (χ1v) is 10.5. The molecular formula is C22H40. The van der Waals surface area contributed by atoms with Crippen LogP contribution in [0.1, 0.15) is 92.9 Å². The Morgan fingerprint density at radius 1 is 0.955 bits per heavy atom. The van der Waals surface area contributed by atoms with E-state index in [4.69, 9.17) is 0 Å². The zero-order chi connectivity index (χ0) is 16.1. The summed E-state index contributed by atoms with van der Waals surface area (Å²) in [6.45, 7) is 15.5. The topological polar surface area (TPSA) is 0 Å². The smallest absolute Gasteiger partial charge is 0.0210 e. The Bertz CT molecular complexity index is 399. The number of hydrogen-bond donors (Lipinski definition) is 0. The van der Waals surface area contributed by atoms with Crippen LogP contribution in [0.5, 0.6) is 0 Å². The predicted octanol–water partition coefficient (Wildman–Crippen LogP) is 6.94. The van der Waals surface area contributed by atoms with E-state index in [9.17, 15) is 0 Å². The van der Waals surface area contributed by atoms with E-state index >= 15 is 0 Å². The minimum Gasteiger partial charge on any atom is -0.0651 e. The van der Waals surface area contributed by atoms with E-state index < -0.39 is 0 Å². The van der Waals surface area contributed by atoms with Crippen LogP contribution in [-0.4, -0.2) is 0 Å². The lowest BCUT2D eigenvalue weighted by atomic mass is 9.48. The standard InChI is InChI=1S/C22H40/c1-7-18-14-17-10-11-20-21(6,19(17)8-2)13-12-15(4)16(5)22(18,20)9-3/h15-20H,7-14H2,1-6H3. The number of fused-ring (bicyclic) bond motifs is 2. The zero-order valence-corrected chi connectivity index (χ0v) is 16.1. The summed E-state index contributed by atoms with van der Waals surface area (Å²) < 4.78 is 0. The molecule has 4 aliphatic carbocycles. The number of rotatable bonds is 3. The van der Waals surface area contributed by atoms with Crippen LogP contribution in [0.25, 0.3) is 0 Å². The second-order valence-electron chi connectivity index (χ2n) is 9.52. The van der Waals surface area contributed by atoms with Gasteiger partial charge < -0.3 is 0 Å². The molecule has 8 unspecified atom stereocenters. The number of hydrogen-bond acceptors (Lipinski definition) is 0. The molecular weight excluding hydrogens is 264 g/mol. The van der Waals surface area contributed by atoms with Gasteiger partial charge >= 0.3 is 0 Å². The van der Waals surface area contributed by atoms with E-state index in [-0.39, 0.29) is 0 Å². The lowest BCUT2D eigenvalue weighted by molar-refractivity contribution is -0.0811. The van der Waals surface area contributed by atoms with Gasteiger partial charge in [0.15, 0.2) is 0 Å². The first-order valence-electron chi connectivity index (χ1n) is 10.5. The minimum atomic E-state index is 0.636. The molecule has 4 rings (SSSR count). The van der Waals surface area contributed by atoms with Gasteiger partial charge in [-0.25, -0.2) is 0 Å². The summed E-state index contributed by atoms with van der Waals surface area (Å²) >= 11 is 0. The van der Waals surface area contributed by atoms with Crippen molar-refractivity contribution >= 4 is 0 Å². The molecule has 4 fully saturated rings. The maximum Gasteiger partial charge on any atom is -0.0210 e. The molecule has 0 heteroatoms. The highest BCUT2D eigenvalue weighted by molar-refractivity contribution is 5.11. The molecule has 4 saturated carbocycles. The quantitative estimate of drug-likeness (QED) is 0.530. The van der Waals surface area contributed by atoms with Crippen LogP contribution in [0, 0.1) is 46.3 Å². The summed E-state index contributed by atoms with van der Waals surface area (Å²) in [5.74, 6) is 5.87. The van der Waals surface area contributed by atoms with Crippen LogP contribution in [0.4, 0.5) is 0 Å². The molecule has 0 saturated heterocycles. The molecule has 0 radical (unpaired) electrons. The van der Waals surface area contributed by atoms with E-state index in [2.05, 4.69) is 41.5 Å². The Hall–Kier alpha value is 0. The van der Waals surface area contributed by atoms with Crippen LogP contribution in [0.2, 0.25) is 0 Å². The Labute approximate surface area is 139 Å². The highest BCUT2D eigenvalue weighted by Gasteiger charge is 2.63. The average Bonchev–Trinajstić information content (AvgIpc) is 2.77. The molecule has 0 heterocycles. The second kappa shape index (κ2) is 5.82. The third-order valence-corrected chi connectivity index (χ3v) is 9.42. The molecule has 4 aliphatic rings. The Morgan fingerprint density at radius 2 is 1.68 bits per heavy atom. The van der Waals surface area contributed by atoms with Gasteiger partial charge in [0.05, 0.1) is 0 Å². The average molecular weight is 305 g/mol. The normalized spacial score (nSPS) is 54.8. The summed E-state index contributed by atoms with van der Waals surface area (Å²) in [4.78, 5) is 0. The van der Waals surface area contributed by atoms with Crippen molar-refractivity contribution in [1.29, 1.82) is 0 Å². The molecule has 0 spiro atoms. The minimum absolute atomic E-state index is 0.636. The van der Waals surface area contributed by atoms with E-state index in [1.54, 1.807) is 12.8 Å². The third kappa shape index (κ3) is 2.01. The maximum atomic E-state index is 2.73. The van der Waals surface area contributed by atoms with E-state index in [0.717, 1.165) is 35.5 Å². The summed E-state index contributed by atoms with van der Waals surface area (Å²) in [6.07, 6.45) is 11.9. The van der Waals surface area contributed by atoms with Crippen molar-refractivity contribution in [2.24, 2.45) is 46.3 Å². The Kier molecular flexibility index (Phi) is 4.45. The molecule has 8 atom stereocenters. The predicted molar refractivity (Wildman–Crippen MR) is 96.8 cm³/mol. The Balaban J connectivity index is 2.19. The molecule has 0 amide bonds. The molecule has 4 bridgehead atoms. The molecule has 0 nitrogen and oxygen atoms in total. The van der Waals surface area contributed by atoms with Crippen LogP contribution < -0.4 is 0 Å². The molecule has 0 N–H and O–H groups in total. The highest BCUT2D eigenvalue weighted by atomic mass is 14.7. The van der Waals surface area contributed by atoms with Crippen LogP contribution >= 0.6 is 0 Å². The first-order chi connectivity index (χ1) is 10.5. The summed E-state index contributed by atoms with van der Waals surface area (Å²) in [5.41, 5.74) is 1.27. The molecule has 0 aromatic rings. The van der Waals surface area contributed by atoms with Gasteiger partial charge in [0.1, 0.15) is 0 Å². The van der Waals surface area contributed by atoms with Gasteiger partial charge in [-0.3, -0.25) is 0 Å². The van der Waals surface area contributed by atoms with Gasteiger partial charge in [0, 0.05) is 0 Å². The largest absolute Gasteiger partial charge is 0.0651 e. The lowest BCUT2D eigenvalue weighted by Crippen LogP contribution is -2.50. The highest BCUT2D eigenvalue weighted by Crippen LogP contribution is 2.70. The van der Waals surface area contributed by atoms with Crippen molar-refractivity contribution in [2.45, 2.75) is 92.9 Å². The van der Waals surface area contributed by atoms with Gasteiger partial charge in [0.25, 0.3) is 0 Å². The summed E-state index contributed by atoms with van der Waals surface area (Å²) in [7, 11) is 0. The van der Waals surface area contributed by atoms with Crippen molar-refractivity contribution in [3.8, 4) is 0 Å². The van der Waals surface area contributed by atoms with Gasteiger partial charge in [-0.15, -0.1) is 0 Å². The molecule has 22 heavy (non-hydrogen) atoms. The van der Waals surface area contributed by atoms with Gasteiger partial charge in [-0.05, 0) is 84.9 Å². The van der Waals surface area contributed by atoms with Crippen molar-refractivity contribution in [3.05, 3.63) is 0 Å². The molecule has 0 aliphatic heterocycles. The first kappa shape index (κ1) is 16.8.